The molecule has 2 rings (SSSR count). The standard InChI is InChI=1S/C23H30N2O2S/c1-5-21(23(27)24-4)25(14-20-12-7-6-10-18(20)3)22(26)16-28-15-19-11-8-9-17(2)13-19/h6-13,21H,5,14-16H2,1-4H3,(H,24,27)/t21-/m1/s1. The van der Waals surface area contributed by atoms with E-state index >= 15 is 0 Å². The number of rotatable bonds is 9. The van der Waals surface area contributed by atoms with Gasteiger partial charge in [-0.1, -0.05) is 61.0 Å². The average Bonchev–Trinajstić information content (AvgIpc) is 2.69. The zero-order valence-corrected chi connectivity index (χ0v) is 18.0. The van der Waals surface area contributed by atoms with Crippen LogP contribution in [0.25, 0.3) is 0 Å². The summed E-state index contributed by atoms with van der Waals surface area (Å²) in [4.78, 5) is 27.2. The van der Waals surface area contributed by atoms with E-state index in [2.05, 4.69) is 30.4 Å². The lowest BCUT2D eigenvalue weighted by molar-refractivity contribution is -0.139. The Labute approximate surface area is 172 Å². The molecule has 2 aromatic carbocycles. The van der Waals surface area contributed by atoms with E-state index in [0.29, 0.717) is 18.7 Å². The van der Waals surface area contributed by atoms with E-state index in [-0.39, 0.29) is 11.8 Å². The predicted octanol–water partition coefficient (Wildman–Crippen LogP) is 4.09. The van der Waals surface area contributed by atoms with Crippen molar-refractivity contribution in [2.75, 3.05) is 12.8 Å². The molecule has 28 heavy (non-hydrogen) atoms. The van der Waals surface area contributed by atoms with E-state index in [4.69, 9.17) is 0 Å². The molecule has 0 bridgehead atoms. The van der Waals surface area contributed by atoms with Crippen LogP contribution in [0, 0.1) is 13.8 Å². The number of nitrogens with zero attached hydrogens (tertiary/aromatic N) is 1. The van der Waals surface area contributed by atoms with E-state index in [9.17, 15) is 9.59 Å². The highest BCUT2D eigenvalue weighted by molar-refractivity contribution is 7.99. The molecule has 0 heterocycles. The molecule has 0 radical (unpaired) electrons. The molecule has 0 saturated heterocycles. The van der Waals surface area contributed by atoms with Crippen LogP contribution < -0.4 is 5.32 Å². The zero-order chi connectivity index (χ0) is 20.5. The van der Waals surface area contributed by atoms with Crippen LogP contribution in [-0.4, -0.2) is 35.6 Å². The number of likely N-dealkylation sites (N-methyl/N-ethyl adjacent to an activating group) is 1. The lowest BCUT2D eigenvalue weighted by Crippen LogP contribution is -2.48. The first kappa shape index (κ1) is 22.0. The summed E-state index contributed by atoms with van der Waals surface area (Å²) < 4.78 is 0. The Hall–Kier alpha value is -2.27. The minimum Gasteiger partial charge on any atom is -0.357 e. The van der Waals surface area contributed by atoms with Gasteiger partial charge in [0.25, 0.3) is 0 Å². The molecular formula is C23H30N2O2S. The maximum atomic E-state index is 13.1. The number of hydrogen-bond donors (Lipinski definition) is 1. The molecule has 0 aliphatic heterocycles. The monoisotopic (exact) mass is 398 g/mol. The summed E-state index contributed by atoms with van der Waals surface area (Å²) >= 11 is 1.59. The van der Waals surface area contributed by atoms with Gasteiger partial charge in [-0.15, -0.1) is 11.8 Å². The Morgan fingerprint density at radius 2 is 1.86 bits per heavy atom. The molecule has 2 amide bonds. The van der Waals surface area contributed by atoms with Crippen molar-refractivity contribution in [3.8, 4) is 0 Å². The summed E-state index contributed by atoms with van der Waals surface area (Å²) in [6.07, 6.45) is 0.583. The molecule has 0 aliphatic rings. The van der Waals surface area contributed by atoms with Crippen LogP contribution in [0.1, 0.15) is 35.6 Å². The van der Waals surface area contributed by atoms with E-state index in [0.717, 1.165) is 16.9 Å². The van der Waals surface area contributed by atoms with Crippen molar-refractivity contribution in [2.24, 2.45) is 0 Å². The third kappa shape index (κ3) is 6.13. The second-order valence-electron chi connectivity index (χ2n) is 6.97. The maximum Gasteiger partial charge on any atom is 0.242 e. The van der Waals surface area contributed by atoms with Gasteiger partial charge < -0.3 is 10.2 Å². The molecule has 0 unspecified atom stereocenters. The summed E-state index contributed by atoms with van der Waals surface area (Å²) in [6.45, 7) is 6.49. The van der Waals surface area contributed by atoms with Crippen LogP contribution in [0.2, 0.25) is 0 Å². The van der Waals surface area contributed by atoms with Crippen LogP contribution >= 0.6 is 11.8 Å². The van der Waals surface area contributed by atoms with Gasteiger partial charge in [0, 0.05) is 19.3 Å². The van der Waals surface area contributed by atoms with Crippen molar-refractivity contribution >= 4 is 23.6 Å². The van der Waals surface area contributed by atoms with Gasteiger partial charge >= 0.3 is 0 Å². The molecule has 2 aromatic rings. The summed E-state index contributed by atoms with van der Waals surface area (Å²) in [6, 6.07) is 15.9. The number of aryl methyl sites for hydroxylation is 2. The highest BCUT2D eigenvalue weighted by Crippen LogP contribution is 2.19. The molecule has 0 aliphatic carbocycles. The van der Waals surface area contributed by atoms with Gasteiger partial charge in [0.1, 0.15) is 6.04 Å². The number of thioether (sulfide) groups is 1. The summed E-state index contributed by atoms with van der Waals surface area (Å²) in [5.74, 6) is 1.01. The topological polar surface area (TPSA) is 49.4 Å². The second-order valence-corrected chi connectivity index (χ2v) is 7.95. The van der Waals surface area contributed by atoms with Crippen LogP contribution in [0.5, 0.6) is 0 Å². The highest BCUT2D eigenvalue weighted by atomic mass is 32.2. The first-order valence-corrected chi connectivity index (χ1v) is 10.8. The van der Waals surface area contributed by atoms with Gasteiger partial charge in [-0.05, 0) is 37.0 Å². The fourth-order valence-electron chi connectivity index (χ4n) is 3.20. The number of amides is 2. The van der Waals surface area contributed by atoms with Crippen LogP contribution in [0.15, 0.2) is 48.5 Å². The molecular weight excluding hydrogens is 368 g/mol. The molecule has 0 aromatic heterocycles. The zero-order valence-electron chi connectivity index (χ0n) is 17.2. The van der Waals surface area contributed by atoms with Gasteiger partial charge in [0.15, 0.2) is 0 Å². The lowest BCUT2D eigenvalue weighted by Gasteiger charge is -2.30. The smallest absolute Gasteiger partial charge is 0.242 e. The molecule has 4 nitrogen and oxygen atoms in total. The molecule has 150 valence electrons. The quantitative estimate of drug-likeness (QED) is 0.692. The van der Waals surface area contributed by atoms with Crippen molar-refractivity contribution in [1.29, 1.82) is 0 Å². The first-order valence-electron chi connectivity index (χ1n) is 9.65. The number of nitrogens with one attached hydrogen (secondary N) is 1. The fraction of sp³-hybridized carbons (Fsp3) is 0.391. The van der Waals surface area contributed by atoms with Crippen LogP contribution in [0.4, 0.5) is 0 Å². The fourth-order valence-corrected chi connectivity index (χ4v) is 4.06. The largest absolute Gasteiger partial charge is 0.357 e. The molecule has 0 fully saturated rings. The average molecular weight is 399 g/mol. The summed E-state index contributed by atoms with van der Waals surface area (Å²) in [5.41, 5.74) is 4.62. The Bertz CT molecular complexity index is 807. The Morgan fingerprint density at radius 3 is 2.50 bits per heavy atom. The van der Waals surface area contributed by atoms with Crippen molar-refractivity contribution in [3.05, 3.63) is 70.8 Å². The Kier molecular flexibility index (Phi) is 8.58. The first-order chi connectivity index (χ1) is 13.5. The number of carbonyl (C=O) groups is 2. The van der Waals surface area contributed by atoms with Gasteiger partial charge in [0.05, 0.1) is 5.75 Å². The van der Waals surface area contributed by atoms with Crippen molar-refractivity contribution in [2.45, 2.75) is 45.5 Å². The van der Waals surface area contributed by atoms with Gasteiger partial charge in [-0.3, -0.25) is 9.59 Å². The van der Waals surface area contributed by atoms with Gasteiger partial charge in [-0.2, -0.15) is 0 Å². The maximum absolute atomic E-state index is 13.1. The van der Waals surface area contributed by atoms with E-state index in [1.807, 2.05) is 44.2 Å². The van der Waals surface area contributed by atoms with Crippen molar-refractivity contribution < 1.29 is 9.59 Å². The van der Waals surface area contributed by atoms with Crippen LogP contribution in [-0.2, 0) is 21.9 Å². The van der Waals surface area contributed by atoms with Crippen LogP contribution in [0.3, 0.4) is 0 Å². The minimum absolute atomic E-state index is 0.00337. The third-order valence-corrected chi connectivity index (χ3v) is 5.80. The van der Waals surface area contributed by atoms with Crippen molar-refractivity contribution in [1.82, 2.24) is 10.2 Å². The molecule has 0 spiro atoms. The number of carbonyl (C=O) groups excluding carboxylic acids is 2. The Morgan fingerprint density at radius 1 is 1.11 bits per heavy atom. The molecule has 1 N–H and O–H groups in total. The van der Waals surface area contributed by atoms with E-state index in [1.165, 1.54) is 11.1 Å². The summed E-state index contributed by atoms with van der Waals surface area (Å²) in [7, 11) is 1.62. The summed E-state index contributed by atoms with van der Waals surface area (Å²) in [5, 5.41) is 2.70. The van der Waals surface area contributed by atoms with Gasteiger partial charge in [0.2, 0.25) is 11.8 Å². The number of benzene rings is 2. The predicted molar refractivity (Wildman–Crippen MR) is 117 cm³/mol. The Balaban J connectivity index is 2.11. The number of hydrogen-bond acceptors (Lipinski definition) is 3. The van der Waals surface area contributed by atoms with Gasteiger partial charge in [-0.25, -0.2) is 0 Å². The molecule has 5 heteroatoms. The van der Waals surface area contributed by atoms with E-state index in [1.54, 1.807) is 23.7 Å². The lowest BCUT2D eigenvalue weighted by atomic mass is 10.1. The molecule has 0 saturated carbocycles. The van der Waals surface area contributed by atoms with Crippen molar-refractivity contribution in [3.63, 3.8) is 0 Å². The SMILES string of the molecule is CC[C@H](C(=O)NC)N(Cc1ccccc1C)C(=O)CSCc1cccc(C)c1. The third-order valence-electron chi connectivity index (χ3n) is 4.81. The van der Waals surface area contributed by atoms with E-state index < -0.39 is 6.04 Å². The normalized spacial score (nSPS) is 11.7. The minimum atomic E-state index is -0.461. The second kappa shape index (κ2) is 10.9. The highest BCUT2D eigenvalue weighted by Gasteiger charge is 2.28. The molecule has 1 atom stereocenters.